The van der Waals surface area contributed by atoms with Gasteiger partial charge in [0.25, 0.3) is 0 Å². The maximum Gasteiger partial charge on any atom is 0.137 e. The van der Waals surface area contributed by atoms with E-state index >= 15 is 0 Å². The van der Waals surface area contributed by atoms with Crippen molar-refractivity contribution in [3.63, 3.8) is 0 Å². The number of aryl methyl sites for hydroxylation is 1. The molecule has 0 amide bonds. The molecule has 3 nitrogen and oxygen atoms in total. The van der Waals surface area contributed by atoms with Crippen LogP contribution in [0.25, 0.3) is 5.65 Å². The first-order valence-corrected chi connectivity index (χ1v) is 8.93. The molecule has 0 spiro atoms. The third-order valence-corrected chi connectivity index (χ3v) is 5.72. The van der Waals surface area contributed by atoms with E-state index in [9.17, 15) is 4.21 Å². The number of fused-ring (bicyclic) bond motifs is 1. The van der Waals surface area contributed by atoms with Crippen LogP contribution in [0.4, 0.5) is 0 Å². The summed E-state index contributed by atoms with van der Waals surface area (Å²) in [6, 6.07) is 16.1. The van der Waals surface area contributed by atoms with Gasteiger partial charge in [0.2, 0.25) is 0 Å². The summed E-state index contributed by atoms with van der Waals surface area (Å²) in [7, 11) is -0.969. The molecule has 22 heavy (non-hydrogen) atoms. The van der Waals surface area contributed by atoms with E-state index in [1.54, 1.807) is 0 Å². The van der Waals surface area contributed by atoms with Crippen LogP contribution in [0.15, 0.2) is 54.7 Å². The highest BCUT2D eigenvalue weighted by Gasteiger charge is 2.18. The molecule has 114 valence electrons. The second kappa shape index (κ2) is 6.44. The normalized spacial score (nSPS) is 14.1. The maximum atomic E-state index is 12.8. The smallest absolute Gasteiger partial charge is 0.137 e. The number of imidazole rings is 1. The van der Waals surface area contributed by atoms with Crippen LogP contribution in [-0.2, 0) is 16.6 Å². The van der Waals surface area contributed by atoms with Gasteiger partial charge in [0.15, 0.2) is 0 Å². The number of aromatic nitrogens is 2. The van der Waals surface area contributed by atoms with Gasteiger partial charge in [-0.05, 0) is 31.0 Å². The summed E-state index contributed by atoms with van der Waals surface area (Å²) in [6.07, 6.45) is 2.86. The summed E-state index contributed by atoms with van der Waals surface area (Å²) in [4.78, 5) is 4.59. The Hall–Kier alpha value is -1.94. The molecular formula is C18H20N2OS. The number of hydrogen-bond donors (Lipinski definition) is 0. The van der Waals surface area contributed by atoms with Gasteiger partial charge >= 0.3 is 0 Å². The molecule has 0 saturated heterocycles. The molecule has 2 heterocycles. The Kier molecular flexibility index (Phi) is 4.39. The quantitative estimate of drug-likeness (QED) is 0.712. The molecule has 0 saturated carbocycles. The van der Waals surface area contributed by atoms with E-state index in [0.717, 1.165) is 29.0 Å². The van der Waals surface area contributed by atoms with Crippen LogP contribution in [0, 0.1) is 6.92 Å². The lowest BCUT2D eigenvalue weighted by atomic mass is 10.1. The average Bonchev–Trinajstić information content (AvgIpc) is 2.93. The summed E-state index contributed by atoms with van der Waals surface area (Å²) < 4.78 is 14.8. The molecule has 0 N–H and O–H groups in total. The van der Waals surface area contributed by atoms with Gasteiger partial charge in [-0.25, -0.2) is 4.98 Å². The minimum Gasteiger partial charge on any atom is -0.304 e. The fraction of sp³-hybridized carbons (Fsp3) is 0.278. The monoisotopic (exact) mass is 312 g/mol. The molecule has 0 fully saturated rings. The third kappa shape index (κ3) is 2.97. The van der Waals surface area contributed by atoms with E-state index in [0.29, 0.717) is 5.75 Å². The third-order valence-electron chi connectivity index (χ3n) is 3.90. The van der Waals surface area contributed by atoms with Crippen LogP contribution in [0.3, 0.4) is 0 Å². The molecule has 0 unspecified atom stereocenters. The lowest BCUT2D eigenvalue weighted by molar-refractivity contribution is 0.667. The molecule has 0 aliphatic carbocycles. The van der Waals surface area contributed by atoms with Crippen LogP contribution >= 0.6 is 0 Å². The van der Waals surface area contributed by atoms with Gasteiger partial charge in [-0.2, -0.15) is 0 Å². The van der Waals surface area contributed by atoms with E-state index < -0.39 is 10.8 Å². The zero-order chi connectivity index (χ0) is 15.5. The van der Waals surface area contributed by atoms with Crippen LogP contribution < -0.4 is 0 Å². The minimum absolute atomic E-state index is 0.0621. The molecular weight excluding hydrogens is 292 g/mol. The highest BCUT2D eigenvalue weighted by Crippen LogP contribution is 2.25. The summed E-state index contributed by atoms with van der Waals surface area (Å²) in [5.74, 6) is 0.495. The zero-order valence-corrected chi connectivity index (χ0v) is 13.7. The maximum absolute atomic E-state index is 12.8. The molecule has 2 aromatic heterocycles. The van der Waals surface area contributed by atoms with Crippen molar-refractivity contribution in [1.82, 2.24) is 9.38 Å². The minimum atomic E-state index is -0.969. The summed E-state index contributed by atoms with van der Waals surface area (Å²) >= 11 is 0. The standard InChI is InChI=1S/C18H20N2OS/c1-3-17(15-9-5-4-6-10-15)22(21)13-16-12-20-14(2)8-7-11-18(20)19-16/h4-12,17H,3,13H2,1-2H3/t17-,22+/m0/s1. The van der Waals surface area contributed by atoms with E-state index in [4.69, 9.17) is 0 Å². The van der Waals surface area contributed by atoms with Crippen molar-refractivity contribution < 1.29 is 4.21 Å². The number of benzene rings is 1. The zero-order valence-electron chi connectivity index (χ0n) is 12.9. The fourth-order valence-corrected chi connectivity index (χ4v) is 4.22. The van der Waals surface area contributed by atoms with Crippen LogP contribution in [0.1, 0.15) is 35.5 Å². The van der Waals surface area contributed by atoms with E-state index in [1.165, 1.54) is 0 Å². The Morgan fingerprint density at radius 1 is 1.14 bits per heavy atom. The SMILES string of the molecule is CC[C@@H](c1ccccc1)[S@](=O)Cc1cn2c(C)cccc2n1. The predicted octanol–water partition coefficient (Wildman–Crippen LogP) is 4.04. The van der Waals surface area contributed by atoms with E-state index in [1.807, 2.05) is 49.5 Å². The Labute approximate surface area is 133 Å². The van der Waals surface area contributed by atoms with Crippen LogP contribution in [0.5, 0.6) is 0 Å². The van der Waals surface area contributed by atoms with Crippen molar-refractivity contribution in [3.8, 4) is 0 Å². The van der Waals surface area contributed by atoms with Crippen molar-refractivity contribution in [3.05, 3.63) is 71.7 Å². The predicted molar refractivity (Wildman–Crippen MR) is 91.2 cm³/mol. The van der Waals surface area contributed by atoms with Crippen molar-refractivity contribution in [2.75, 3.05) is 0 Å². The summed E-state index contributed by atoms with van der Waals surface area (Å²) in [6.45, 7) is 4.14. The fourth-order valence-electron chi connectivity index (χ4n) is 2.76. The lowest BCUT2D eigenvalue weighted by Gasteiger charge is -2.14. The molecule has 4 heteroatoms. The van der Waals surface area contributed by atoms with Crippen molar-refractivity contribution in [2.24, 2.45) is 0 Å². The van der Waals surface area contributed by atoms with Gasteiger partial charge < -0.3 is 4.40 Å². The van der Waals surface area contributed by atoms with Crippen molar-refractivity contribution in [1.29, 1.82) is 0 Å². The average molecular weight is 312 g/mol. The lowest BCUT2D eigenvalue weighted by Crippen LogP contribution is -2.08. The number of hydrogen-bond acceptors (Lipinski definition) is 2. The largest absolute Gasteiger partial charge is 0.304 e. The Morgan fingerprint density at radius 2 is 1.91 bits per heavy atom. The Balaban J connectivity index is 1.84. The number of rotatable bonds is 5. The van der Waals surface area contributed by atoms with Gasteiger partial charge in [-0.1, -0.05) is 43.3 Å². The first kappa shape index (κ1) is 15.0. The number of nitrogens with zero attached hydrogens (tertiary/aromatic N) is 2. The van der Waals surface area contributed by atoms with Gasteiger partial charge in [-0.15, -0.1) is 0 Å². The molecule has 0 radical (unpaired) electrons. The van der Waals surface area contributed by atoms with Gasteiger partial charge in [0.1, 0.15) is 5.65 Å². The number of pyridine rings is 1. The molecule has 1 aromatic carbocycles. The summed E-state index contributed by atoms with van der Waals surface area (Å²) in [5, 5.41) is 0.0621. The molecule has 0 bridgehead atoms. The second-order valence-corrected chi connectivity index (χ2v) is 7.08. The molecule has 2 atom stereocenters. The van der Waals surface area contributed by atoms with Gasteiger partial charge in [-0.3, -0.25) is 4.21 Å². The topological polar surface area (TPSA) is 34.4 Å². The van der Waals surface area contributed by atoms with Gasteiger partial charge in [0.05, 0.1) is 16.7 Å². The second-order valence-electron chi connectivity index (χ2n) is 5.46. The van der Waals surface area contributed by atoms with E-state index in [-0.39, 0.29) is 5.25 Å². The Bertz CT molecular complexity index is 795. The molecule has 0 aliphatic rings. The highest BCUT2D eigenvalue weighted by molar-refractivity contribution is 7.84. The molecule has 3 rings (SSSR count). The van der Waals surface area contributed by atoms with Crippen LogP contribution in [0.2, 0.25) is 0 Å². The summed E-state index contributed by atoms with van der Waals surface area (Å²) in [5.41, 5.74) is 4.09. The molecule has 3 aromatic rings. The Morgan fingerprint density at radius 3 is 2.59 bits per heavy atom. The first-order chi connectivity index (χ1) is 10.7. The van der Waals surface area contributed by atoms with E-state index in [2.05, 4.69) is 28.4 Å². The highest BCUT2D eigenvalue weighted by atomic mass is 32.2. The first-order valence-electron chi connectivity index (χ1n) is 7.54. The van der Waals surface area contributed by atoms with Crippen LogP contribution in [-0.4, -0.2) is 13.6 Å². The van der Waals surface area contributed by atoms with Gasteiger partial charge in [0, 0.05) is 22.7 Å². The van der Waals surface area contributed by atoms with Crippen molar-refractivity contribution >= 4 is 16.4 Å². The molecule has 0 aliphatic heterocycles. The van der Waals surface area contributed by atoms with Crippen molar-refractivity contribution in [2.45, 2.75) is 31.3 Å².